The van der Waals surface area contributed by atoms with Crippen LogP contribution in [0.3, 0.4) is 0 Å². The van der Waals surface area contributed by atoms with Gasteiger partial charge >= 0.3 is 0 Å². The minimum Gasteiger partial charge on any atom is -0.453 e. The Morgan fingerprint density at radius 1 is 1.14 bits per heavy atom. The van der Waals surface area contributed by atoms with Gasteiger partial charge in [-0.2, -0.15) is 0 Å². The van der Waals surface area contributed by atoms with E-state index in [1.54, 1.807) is 19.2 Å². The summed E-state index contributed by atoms with van der Waals surface area (Å²) in [6, 6.07) is 13.9. The van der Waals surface area contributed by atoms with Gasteiger partial charge in [-0.3, -0.25) is 4.98 Å². The van der Waals surface area contributed by atoms with Gasteiger partial charge in [-0.05, 0) is 36.8 Å². The third kappa shape index (κ3) is 2.85. The lowest BCUT2D eigenvalue weighted by atomic mass is 10.1. The molecule has 0 saturated heterocycles. The van der Waals surface area contributed by atoms with Crippen LogP contribution in [-0.2, 0) is 0 Å². The standard InChI is InChI=1S/C17H14FNO2/c1-11(20)12-6-7-17(15(18)9-12)21-14-8-13-4-2-3-5-16(13)19-10-14/h2-11,20H,1H3. The fraction of sp³-hybridized carbons (Fsp3) is 0.118. The van der Waals surface area contributed by atoms with Crippen molar-refractivity contribution in [3.05, 3.63) is 66.1 Å². The van der Waals surface area contributed by atoms with Gasteiger partial charge in [-0.25, -0.2) is 4.39 Å². The molecule has 3 rings (SSSR count). The Kier molecular flexibility index (Phi) is 3.54. The lowest BCUT2D eigenvalue weighted by molar-refractivity contribution is 0.198. The van der Waals surface area contributed by atoms with Crippen LogP contribution >= 0.6 is 0 Å². The van der Waals surface area contributed by atoms with Crippen LogP contribution in [-0.4, -0.2) is 10.1 Å². The highest BCUT2D eigenvalue weighted by atomic mass is 19.1. The smallest absolute Gasteiger partial charge is 0.166 e. The van der Waals surface area contributed by atoms with Gasteiger partial charge in [0.15, 0.2) is 11.6 Å². The summed E-state index contributed by atoms with van der Waals surface area (Å²) in [5.74, 6) is 0.0652. The number of aliphatic hydroxyl groups excluding tert-OH is 1. The maximum absolute atomic E-state index is 14.0. The molecule has 0 bridgehead atoms. The Bertz CT molecular complexity index is 787. The molecule has 2 aromatic carbocycles. The molecular weight excluding hydrogens is 269 g/mol. The van der Waals surface area contributed by atoms with Crippen molar-refractivity contribution in [1.82, 2.24) is 4.98 Å². The van der Waals surface area contributed by atoms with E-state index in [4.69, 9.17) is 4.74 Å². The number of para-hydroxylation sites is 1. The van der Waals surface area contributed by atoms with E-state index in [0.717, 1.165) is 10.9 Å². The van der Waals surface area contributed by atoms with Crippen molar-refractivity contribution in [1.29, 1.82) is 0 Å². The number of halogens is 1. The predicted molar refractivity (Wildman–Crippen MR) is 78.9 cm³/mol. The van der Waals surface area contributed by atoms with Crippen molar-refractivity contribution in [3.8, 4) is 11.5 Å². The number of fused-ring (bicyclic) bond motifs is 1. The largest absolute Gasteiger partial charge is 0.453 e. The molecule has 1 N–H and O–H groups in total. The maximum Gasteiger partial charge on any atom is 0.166 e. The van der Waals surface area contributed by atoms with Gasteiger partial charge in [0.2, 0.25) is 0 Å². The van der Waals surface area contributed by atoms with E-state index in [1.807, 2.05) is 30.3 Å². The highest BCUT2D eigenvalue weighted by Crippen LogP contribution is 2.28. The molecule has 4 heteroatoms. The van der Waals surface area contributed by atoms with Gasteiger partial charge in [0.1, 0.15) is 5.75 Å². The number of pyridine rings is 1. The van der Waals surface area contributed by atoms with Crippen molar-refractivity contribution < 1.29 is 14.2 Å². The van der Waals surface area contributed by atoms with Crippen molar-refractivity contribution in [2.45, 2.75) is 13.0 Å². The molecule has 0 aliphatic rings. The number of aromatic nitrogens is 1. The Morgan fingerprint density at radius 3 is 2.71 bits per heavy atom. The molecule has 0 aliphatic carbocycles. The van der Waals surface area contributed by atoms with Crippen LogP contribution in [0.1, 0.15) is 18.6 Å². The second kappa shape index (κ2) is 5.50. The normalized spacial score (nSPS) is 12.3. The first kappa shape index (κ1) is 13.5. The summed E-state index contributed by atoms with van der Waals surface area (Å²) in [5.41, 5.74) is 1.37. The second-order valence-corrected chi connectivity index (χ2v) is 4.83. The van der Waals surface area contributed by atoms with Crippen molar-refractivity contribution in [2.24, 2.45) is 0 Å². The van der Waals surface area contributed by atoms with Crippen molar-refractivity contribution in [2.75, 3.05) is 0 Å². The molecule has 0 radical (unpaired) electrons. The zero-order valence-electron chi connectivity index (χ0n) is 11.5. The first-order chi connectivity index (χ1) is 10.1. The topological polar surface area (TPSA) is 42.4 Å². The number of nitrogens with zero attached hydrogens (tertiary/aromatic N) is 1. The average molecular weight is 283 g/mol. The van der Waals surface area contributed by atoms with Gasteiger partial charge in [-0.15, -0.1) is 0 Å². The van der Waals surface area contributed by atoms with Crippen LogP contribution in [0.25, 0.3) is 10.9 Å². The summed E-state index contributed by atoms with van der Waals surface area (Å²) >= 11 is 0. The van der Waals surface area contributed by atoms with E-state index in [1.165, 1.54) is 12.1 Å². The first-order valence-corrected chi connectivity index (χ1v) is 6.63. The molecule has 21 heavy (non-hydrogen) atoms. The maximum atomic E-state index is 14.0. The minimum atomic E-state index is -0.712. The molecule has 3 aromatic rings. The summed E-state index contributed by atoms with van der Waals surface area (Å²) in [5, 5.41) is 10.4. The van der Waals surface area contributed by atoms with E-state index in [9.17, 15) is 9.50 Å². The first-order valence-electron chi connectivity index (χ1n) is 6.63. The number of benzene rings is 2. The van der Waals surface area contributed by atoms with Gasteiger partial charge in [-0.1, -0.05) is 24.3 Å². The fourth-order valence-corrected chi connectivity index (χ4v) is 2.09. The lowest BCUT2D eigenvalue weighted by Gasteiger charge is -2.10. The lowest BCUT2D eigenvalue weighted by Crippen LogP contribution is -1.95. The zero-order valence-corrected chi connectivity index (χ0v) is 11.5. The van der Waals surface area contributed by atoms with E-state index in [-0.39, 0.29) is 5.75 Å². The molecule has 0 amide bonds. The van der Waals surface area contributed by atoms with E-state index in [2.05, 4.69) is 4.98 Å². The van der Waals surface area contributed by atoms with E-state index < -0.39 is 11.9 Å². The molecule has 1 atom stereocenters. The number of hydrogen-bond donors (Lipinski definition) is 1. The fourth-order valence-electron chi connectivity index (χ4n) is 2.09. The highest BCUT2D eigenvalue weighted by molar-refractivity contribution is 5.79. The Balaban J connectivity index is 1.91. The monoisotopic (exact) mass is 283 g/mol. The third-order valence-electron chi connectivity index (χ3n) is 3.23. The van der Waals surface area contributed by atoms with Crippen LogP contribution < -0.4 is 4.74 Å². The Morgan fingerprint density at radius 2 is 1.95 bits per heavy atom. The number of aliphatic hydroxyl groups is 1. The molecule has 106 valence electrons. The molecule has 1 unspecified atom stereocenters. The number of hydrogen-bond acceptors (Lipinski definition) is 3. The third-order valence-corrected chi connectivity index (χ3v) is 3.23. The van der Waals surface area contributed by atoms with Gasteiger partial charge < -0.3 is 9.84 Å². The summed E-state index contributed by atoms with van der Waals surface area (Å²) in [7, 11) is 0. The van der Waals surface area contributed by atoms with Gasteiger partial charge in [0, 0.05) is 5.39 Å². The van der Waals surface area contributed by atoms with Crippen LogP contribution in [0.4, 0.5) is 4.39 Å². The Labute approximate surface area is 121 Å². The van der Waals surface area contributed by atoms with Crippen molar-refractivity contribution in [3.63, 3.8) is 0 Å². The molecule has 1 aromatic heterocycles. The molecule has 0 fully saturated rings. The molecule has 0 spiro atoms. The van der Waals surface area contributed by atoms with Gasteiger partial charge in [0.25, 0.3) is 0 Å². The summed E-state index contributed by atoms with van der Waals surface area (Å²) < 4.78 is 19.5. The number of ether oxygens (including phenoxy) is 1. The van der Waals surface area contributed by atoms with Crippen LogP contribution in [0.5, 0.6) is 11.5 Å². The van der Waals surface area contributed by atoms with Crippen molar-refractivity contribution >= 4 is 10.9 Å². The molecule has 0 saturated carbocycles. The Hall–Kier alpha value is -2.46. The zero-order chi connectivity index (χ0) is 14.8. The van der Waals surface area contributed by atoms with E-state index >= 15 is 0 Å². The molecule has 1 heterocycles. The summed E-state index contributed by atoms with van der Waals surface area (Å²) in [6.45, 7) is 1.59. The SMILES string of the molecule is CC(O)c1ccc(Oc2cnc3ccccc3c2)c(F)c1. The predicted octanol–water partition coefficient (Wildman–Crippen LogP) is 4.22. The quantitative estimate of drug-likeness (QED) is 0.782. The molecule has 0 aliphatic heterocycles. The van der Waals surface area contributed by atoms with Gasteiger partial charge in [0.05, 0.1) is 17.8 Å². The average Bonchev–Trinajstić information content (AvgIpc) is 2.49. The number of rotatable bonds is 3. The summed E-state index contributed by atoms with van der Waals surface area (Å²) in [4.78, 5) is 4.27. The van der Waals surface area contributed by atoms with Crippen LogP contribution in [0.15, 0.2) is 54.7 Å². The van der Waals surface area contributed by atoms with E-state index in [0.29, 0.717) is 11.3 Å². The second-order valence-electron chi connectivity index (χ2n) is 4.83. The van der Waals surface area contributed by atoms with Crippen LogP contribution in [0.2, 0.25) is 0 Å². The van der Waals surface area contributed by atoms with Crippen LogP contribution in [0, 0.1) is 5.82 Å². The highest BCUT2D eigenvalue weighted by Gasteiger charge is 2.09. The minimum absolute atomic E-state index is 0.108. The molecular formula is C17H14FNO2. The molecule has 3 nitrogen and oxygen atoms in total. The summed E-state index contributed by atoms with van der Waals surface area (Å²) in [6.07, 6.45) is 0.848.